The van der Waals surface area contributed by atoms with Crippen LogP contribution in [0.1, 0.15) is 41.3 Å². The maximum atomic E-state index is 13.4. The quantitative estimate of drug-likeness (QED) is 0.556. The summed E-state index contributed by atoms with van der Waals surface area (Å²) in [6, 6.07) is 12.6. The lowest BCUT2D eigenvalue weighted by Gasteiger charge is -2.29. The van der Waals surface area contributed by atoms with E-state index in [9.17, 15) is 9.59 Å². The lowest BCUT2D eigenvalue weighted by Crippen LogP contribution is -2.29. The fourth-order valence-corrected chi connectivity index (χ4v) is 4.32. The molecule has 0 saturated heterocycles. The van der Waals surface area contributed by atoms with Crippen LogP contribution in [0.3, 0.4) is 0 Å². The molecule has 0 bridgehead atoms. The number of hydrogen-bond acceptors (Lipinski definition) is 5. The number of carbonyl (C=O) groups excluding carboxylic acids is 2. The third-order valence-corrected chi connectivity index (χ3v) is 5.64. The van der Waals surface area contributed by atoms with E-state index in [0.29, 0.717) is 44.4 Å². The van der Waals surface area contributed by atoms with Gasteiger partial charge in [-0.05, 0) is 31.5 Å². The molecule has 0 fully saturated rings. The first-order chi connectivity index (χ1) is 15.0. The van der Waals surface area contributed by atoms with Gasteiger partial charge in [0, 0.05) is 28.3 Å². The van der Waals surface area contributed by atoms with E-state index >= 15 is 0 Å². The first kappa shape index (κ1) is 20.8. The van der Waals surface area contributed by atoms with Gasteiger partial charge in [0.15, 0.2) is 5.78 Å². The van der Waals surface area contributed by atoms with E-state index in [0.717, 1.165) is 5.56 Å². The summed E-state index contributed by atoms with van der Waals surface area (Å²) in [5, 5.41) is 3.61. The summed E-state index contributed by atoms with van der Waals surface area (Å²) in [5.41, 5.74) is 4.34. The number of esters is 1. The van der Waals surface area contributed by atoms with Crippen LogP contribution < -0.4 is 10.1 Å². The van der Waals surface area contributed by atoms with Gasteiger partial charge >= 0.3 is 5.97 Å². The van der Waals surface area contributed by atoms with Crippen molar-refractivity contribution in [2.45, 2.75) is 19.8 Å². The van der Waals surface area contributed by atoms with Crippen LogP contribution in [0.15, 0.2) is 59.3 Å². The van der Waals surface area contributed by atoms with E-state index in [1.807, 2.05) is 18.2 Å². The van der Waals surface area contributed by atoms with Gasteiger partial charge in [-0.2, -0.15) is 0 Å². The summed E-state index contributed by atoms with van der Waals surface area (Å²) >= 11 is 6.44. The Morgan fingerprint density at radius 3 is 2.65 bits per heavy atom. The van der Waals surface area contributed by atoms with E-state index in [2.05, 4.69) is 11.2 Å². The molecule has 2 aromatic rings. The van der Waals surface area contributed by atoms with Crippen molar-refractivity contribution >= 4 is 29.1 Å². The standard InChI is InChI=1S/C25H20ClNO4/c1-4-12-31-19-11-10-15(13-18(19)26)21-20(25(29)30-5-2)14(3)27-23-16-8-6-7-9-17(16)24(28)22(21)23/h1,6-11,13,21,27H,5,12H2,2-3H3/t21-/m0/s1. The Bertz CT molecular complexity index is 1200. The minimum Gasteiger partial charge on any atom is -0.479 e. The topological polar surface area (TPSA) is 64.6 Å². The van der Waals surface area contributed by atoms with Crippen molar-refractivity contribution < 1.29 is 19.1 Å². The molecule has 0 radical (unpaired) electrons. The first-order valence-electron chi connectivity index (χ1n) is 9.86. The number of rotatable bonds is 5. The lowest BCUT2D eigenvalue weighted by molar-refractivity contribution is -0.138. The Morgan fingerprint density at radius 2 is 1.97 bits per heavy atom. The third-order valence-electron chi connectivity index (χ3n) is 5.34. The Balaban J connectivity index is 1.87. The second-order valence-electron chi connectivity index (χ2n) is 7.16. The highest BCUT2D eigenvalue weighted by atomic mass is 35.5. The zero-order valence-electron chi connectivity index (χ0n) is 17.1. The van der Waals surface area contributed by atoms with E-state index in [-0.39, 0.29) is 19.0 Å². The number of allylic oxidation sites excluding steroid dienone is 2. The molecule has 1 atom stereocenters. The van der Waals surface area contributed by atoms with Crippen molar-refractivity contribution in [3.63, 3.8) is 0 Å². The number of halogens is 1. The van der Waals surface area contributed by atoms with Crippen molar-refractivity contribution in [1.29, 1.82) is 0 Å². The summed E-state index contributed by atoms with van der Waals surface area (Å²) in [6.07, 6.45) is 5.26. The maximum Gasteiger partial charge on any atom is 0.336 e. The van der Waals surface area contributed by atoms with Crippen molar-refractivity contribution in [2.24, 2.45) is 0 Å². The van der Waals surface area contributed by atoms with Crippen LogP contribution in [0.2, 0.25) is 5.02 Å². The molecule has 31 heavy (non-hydrogen) atoms. The molecule has 1 N–H and O–H groups in total. The minimum absolute atomic E-state index is 0.0859. The lowest BCUT2D eigenvalue weighted by atomic mass is 9.80. The highest BCUT2D eigenvalue weighted by molar-refractivity contribution is 6.32. The van der Waals surface area contributed by atoms with Crippen LogP contribution in [0.4, 0.5) is 0 Å². The zero-order chi connectivity index (χ0) is 22.1. The molecule has 156 valence electrons. The number of benzene rings is 2. The van der Waals surface area contributed by atoms with Gasteiger partial charge in [0.05, 0.1) is 22.9 Å². The molecular weight excluding hydrogens is 414 g/mol. The maximum absolute atomic E-state index is 13.4. The number of hydrogen-bond donors (Lipinski definition) is 1. The van der Waals surface area contributed by atoms with E-state index in [4.69, 9.17) is 27.5 Å². The van der Waals surface area contributed by atoms with Crippen LogP contribution in [0.5, 0.6) is 5.75 Å². The van der Waals surface area contributed by atoms with Crippen LogP contribution in [0.25, 0.3) is 5.70 Å². The van der Waals surface area contributed by atoms with Crippen LogP contribution in [-0.4, -0.2) is 25.0 Å². The molecule has 2 aromatic carbocycles. The molecule has 1 aliphatic heterocycles. The average molecular weight is 434 g/mol. The highest BCUT2D eigenvalue weighted by Crippen LogP contribution is 2.47. The predicted molar refractivity (Wildman–Crippen MR) is 119 cm³/mol. The largest absolute Gasteiger partial charge is 0.479 e. The molecule has 0 unspecified atom stereocenters. The number of dihydropyridines is 1. The van der Waals surface area contributed by atoms with Crippen molar-refractivity contribution in [3.8, 4) is 18.1 Å². The second-order valence-corrected chi connectivity index (χ2v) is 7.57. The van der Waals surface area contributed by atoms with Gasteiger partial charge in [-0.25, -0.2) is 4.79 Å². The van der Waals surface area contributed by atoms with E-state index in [1.165, 1.54) is 0 Å². The van der Waals surface area contributed by atoms with Gasteiger partial charge in [-0.1, -0.05) is 47.9 Å². The Morgan fingerprint density at radius 1 is 1.23 bits per heavy atom. The minimum atomic E-state index is -0.630. The molecule has 2 aliphatic rings. The van der Waals surface area contributed by atoms with Crippen LogP contribution >= 0.6 is 11.6 Å². The molecule has 0 saturated carbocycles. The van der Waals surface area contributed by atoms with Crippen LogP contribution in [-0.2, 0) is 9.53 Å². The number of terminal acetylenes is 1. The molecule has 0 spiro atoms. The summed E-state index contributed by atoms with van der Waals surface area (Å²) < 4.78 is 10.8. The molecule has 0 aromatic heterocycles. The fraction of sp³-hybridized carbons (Fsp3) is 0.200. The van der Waals surface area contributed by atoms with Gasteiger partial charge in [0.25, 0.3) is 0 Å². The van der Waals surface area contributed by atoms with Crippen molar-refractivity contribution in [3.05, 3.63) is 81.0 Å². The molecule has 0 amide bonds. The molecular formula is C25H20ClNO4. The second kappa shape index (κ2) is 8.33. The summed E-state index contributed by atoms with van der Waals surface area (Å²) in [4.78, 5) is 26.3. The molecule has 5 nitrogen and oxygen atoms in total. The van der Waals surface area contributed by atoms with Gasteiger partial charge in [0.2, 0.25) is 0 Å². The number of ketones is 1. The Labute approximate surface area is 185 Å². The van der Waals surface area contributed by atoms with Crippen molar-refractivity contribution in [1.82, 2.24) is 5.32 Å². The molecule has 1 aliphatic carbocycles. The Hall–Kier alpha value is -3.49. The van der Waals surface area contributed by atoms with E-state index < -0.39 is 11.9 Å². The number of fused-ring (bicyclic) bond motifs is 2. The number of ether oxygens (including phenoxy) is 2. The number of nitrogens with one attached hydrogen (secondary N) is 1. The van der Waals surface area contributed by atoms with Crippen LogP contribution in [0, 0.1) is 12.3 Å². The predicted octanol–water partition coefficient (Wildman–Crippen LogP) is 4.48. The smallest absolute Gasteiger partial charge is 0.336 e. The summed E-state index contributed by atoms with van der Waals surface area (Å²) in [6.45, 7) is 3.86. The monoisotopic (exact) mass is 433 g/mol. The van der Waals surface area contributed by atoms with Gasteiger partial charge in [0.1, 0.15) is 12.4 Å². The van der Waals surface area contributed by atoms with E-state index in [1.54, 1.807) is 38.1 Å². The first-order valence-corrected chi connectivity index (χ1v) is 10.2. The molecule has 4 rings (SSSR count). The third kappa shape index (κ3) is 3.49. The highest BCUT2D eigenvalue weighted by Gasteiger charge is 2.43. The SMILES string of the molecule is C#CCOc1ccc([C@H]2C(C(=O)OCC)=C(C)NC3=C2C(=O)c2ccccc23)cc1Cl. The fourth-order valence-electron chi connectivity index (χ4n) is 4.07. The average Bonchev–Trinajstić information content (AvgIpc) is 3.04. The number of carbonyl (C=O) groups is 2. The van der Waals surface area contributed by atoms with Gasteiger partial charge < -0.3 is 14.8 Å². The Kier molecular flexibility index (Phi) is 5.58. The molecule has 1 heterocycles. The van der Waals surface area contributed by atoms with Gasteiger partial charge in [-0.15, -0.1) is 6.42 Å². The van der Waals surface area contributed by atoms with Gasteiger partial charge in [-0.3, -0.25) is 4.79 Å². The summed E-state index contributed by atoms with van der Waals surface area (Å²) in [5.74, 6) is 1.61. The molecule has 6 heteroatoms. The number of Topliss-reactive ketones (excluding diaryl/α,β-unsaturated/α-hetero) is 1. The zero-order valence-corrected chi connectivity index (χ0v) is 17.9. The normalized spacial score (nSPS) is 17.0. The van der Waals surface area contributed by atoms with Crippen molar-refractivity contribution in [2.75, 3.05) is 13.2 Å². The summed E-state index contributed by atoms with van der Waals surface area (Å²) in [7, 11) is 0.